The Balaban J connectivity index is 1.45. The zero-order valence-electron chi connectivity index (χ0n) is 13.1. The standard InChI is InChI=1S/C18H22N2OS/c1-3-16-12(2)22-17(20-16)9-10-19-18(21)15-11-14(15)13-7-5-4-6-8-13/h4-8,14-15H,3,9-11H2,1-2H3,(H,19,21). The second-order valence-electron chi connectivity index (χ2n) is 5.86. The number of hydrogen-bond donors (Lipinski definition) is 1. The normalized spacial score (nSPS) is 19.9. The van der Waals surface area contributed by atoms with E-state index in [1.165, 1.54) is 16.1 Å². The van der Waals surface area contributed by atoms with Crippen molar-refractivity contribution in [2.45, 2.75) is 39.0 Å². The number of hydrogen-bond acceptors (Lipinski definition) is 3. The SMILES string of the molecule is CCc1nc(CCNC(=O)C2CC2c2ccccc2)sc1C. The van der Waals surface area contributed by atoms with Crippen LogP contribution in [0.4, 0.5) is 0 Å². The van der Waals surface area contributed by atoms with Crippen molar-refractivity contribution in [3.63, 3.8) is 0 Å². The molecule has 3 nitrogen and oxygen atoms in total. The molecule has 4 heteroatoms. The van der Waals surface area contributed by atoms with Crippen LogP contribution in [-0.4, -0.2) is 17.4 Å². The van der Waals surface area contributed by atoms with Crippen molar-refractivity contribution in [2.75, 3.05) is 6.54 Å². The Hall–Kier alpha value is -1.68. The van der Waals surface area contributed by atoms with E-state index in [0.29, 0.717) is 12.5 Å². The molecule has 1 aromatic carbocycles. The predicted molar refractivity (Wildman–Crippen MR) is 90.2 cm³/mol. The topological polar surface area (TPSA) is 42.0 Å². The van der Waals surface area contributed by atoms with E-state index >= 15 is 0 Å². The Morgan fingerprint density at radius 3 is 2.82 bits per heavy atom. The number of carbonyl (C=O) groups excluding carboxylic acids is 1. The highest BCUT2D eigenvalue weighted by molar-refractivity contribution is 7.11. The van der Waals surface area contributed by atoms with E-state index in [4.69, 9.17) is 0 Å². The molecule has 1 N–H and O–H groups in total. The van der Waals surface area contributed by atoms with Gasteiger partial charge in [-0.15, -0.1) is 11.3 Å². The highest BCUT2D eigenvalue weighted by Gasteiger charge is 2.43. The number of amides is 1. The van der Waals surface area contributed by atoms with Gasteiger partial charge in [0.05, 0.1) is 10.7 Å². The quantitative estimate of drug-likeness (QED) is 0.887. The minimum atomic E-state index is 0.159. The summed E-state index contributed by atoms with van der Waals surface area (Å²) in [4.78, 5) is 18.1. The first-order valence-electron chi connectivity index (χ1n) is 7.97. The fourth-order valence-electron chi connectivity index (χ4n) is 2.90. The van der Waals surface area contributed by atoms with E-state index < -0.39 is 0 Å². The van der Waals surface area contributed by atoms with Crippen LogP contribution in [0.1, 0.15) is 40.4 Å². The molecule has 0 aliphatic heterocycles. The number of thiazole rings is 1. The van der Waals surface area contributed by atoms with Crippen LogP contribution in [0.5, 0.6) is 0 Å². The van der Waals surface area contributed by atoms with Gasteiger partial charge < -0.3 is 5.32 Å². The summed E-state index contributed by atoms with van der Waals surface area (Å²) in [6.45, 7) is 4.94. The van der Waals surface area contributed by atoms with E-state index in [2.05, 4.69) is 36.3 Å². The largest absolute Gasteiger partial charge is 0.355 e. The van der Waals surface area contributed by atoms with Gasteiger partial charge in [0.15, 0.2) is 0 Å². The van der Waals surface area contributed by atoms with Crippen molar-refractivity contribution in [3.05, 3.63) is 51.5 Å². The molecular formula is C18H22N2OS. The van der Waals surface area contributed by atoms with E-state index in [1.54, 1.807) is 11.3 Å². The number of nitrogens with zero attached hydrogens (tertiary/aromatic N) is 1. The summed E-state index contributed by atoms with van der Waals surface area (Å²) in [5.74, 6) is 0.763. The average molecular weight is 314 g/mol. The van der Waals surface area contributed by atoms with Crippen molar-refractivity contribution < 1.29 is 4.79 Å². The smallest absolute Gasteiger partial charge is 0.223 e. The van der Waals surface area contributed by atoms with Gasteiger partial charge in [0, 0.05) is 23.8 Å². The third-order valence-corrected chi connectivity index (χ3v) is 5.34. The first-order valence-corrected chi connectivity index (χ1v) is 8.78. The molecule has 1 aromatic heterocycles. The second-order valence-corrected chi connectivity index (χ2v) is 7.15. The Kier molecular flexibility index (Phi) is 4.57. The zero-order chi connectivity index (χ0) is 15.5. The summed E-state index contributed by atoms with van der Waals surface area (Å²) in [5.41, 5.74) is 2.48. The van der Waals surface area contributed by atoms with Crippen molar-refractivity contribution in [2.24, 2.45) is 5.92 Å². The molecule has 0 saturated heterocycles. The van der Waals surface area contributed by atoms with Gasteiger partial charge >= 0.3 is 0 Å². The number of benzene rings is 1. The summed E-state index contributed by atoms with van der Waals surface area (Å²) in [6.07, 6.45) is 2.79. The Morgan fingerprint density at radius 2 is 2.14 bits per heavy atom. The molecule has 2 atom stereocenters. The Morgan fingerprint density at radius 1 is 1.36 bits per heavy atom. The van der Waals surface area contributed by atoms with Crippen LogP contribution in [-0.2, 0) is 17.6 Å². The molecule has 3 rings (SSSR count). The van der Waals surface area contributed by atoms with Gasteiger partial charge in [0.2, 0.25) is 5.91 Å². The molecule has 1 aliphatic rings. The summed E-state index contributed by atoms with van der Waals surface area (Å²) < 4.78 is 0. The van der Waals surface area contributed by atoms with Crippen LogP contribution in [0.3, 0.4) is 0 Å². The van der Waals surface area contributed by atoms with Crippen LogP contribution in [0, 0.1) is 12.8 Å². The Bertz CT molecular complexity index is 650. The first kappa shape index (κ1) is 15.2. The van der Waals surface area contributed by atoms with Gasteiger partial charge in [-0.05, 0) is 31.2 Å². The molecule has 1 aliphatic carbocycles. The fourth-order valence-corrected chi connectivity index (χ4v) is 3.92. The highest BCUT2D eigenvalue weighted by atomic mass is 32.1. The fraction of sp³-hybridized carbons (Fsp3) is 0.444. The molecular weight excluding hydrogens is 292 g/mol. The summed E-state index contributed by atoms with van der Waals surface area (Å²) in [7, 11) is 0. The minimum absolute atomic E-state index is 0.159. The van der Waals surface area contributed by atoms with Crippen LogP contribution in [0.25, 0.3) is 0 Å². The van der Waals surface area contributed by atoms with Gasteiger partial charge in [0.1, 0.15) is 0 Å². The lowest BCUT2D eigenvalue weighted by Gasteiger charge is -2.03. The van der Waals surface area contributed by atoms with Gasteiger partial charge in [-0.2, -0.15) is 0 Å². The van der Waals surface area contributed by atoms with E-state index in [9.17, 15) is 4.79 Å². The number of aryl methyl sites for hydroxylation is 2. The molecule has 1 fully saturated rings. The lowest BCUT2D eigenvalue weighted by Crippen LogP contribution is -2.27. The van der Waals surface area contributed by atoms with Crippen LogP contribution >= 0.6 is 11.3 Å². The summed E-state index contributed by atoms with van der Waals surface area (Å²) in [5, 5.41) is 4.20. The third-order valence-electron chi connectivity index (χ3n) is 4.26. The maximum atomic E-state index is 12.2. The Labute approximate surface area is 135 Å². The molecule has 0 radical (unpaired) electrons. The first-order chi connectivity index (χ1) is 10.7. The second kappa shape index (κ2) is 6.61. The number of nitrogens with one attached hydrogen (secondary N) is 1. The molecule has 0 spiro atoms. The van der Waals surface area contributed by atoms with Crippen LogP contribution < -0.4 is 5.32 Å². The molecule has 1 amide bonds. The summed E-state index contributed by atoms with van der Waals surface area (Å²) in [6, 6.07) is 10.3. The molecule has 22 heavy (non-hydrogen) atoms. The van der Waals surface area contributed by atoms with Crippen molar-refractivity contribution in [1.29, 1.82) is 0 Å². The van der Waals surface area contributed by atoms with Gasteiger partial charge in [-0.3, -0.25) is 4.79 Å². The zero-order valence-corrected chi connectivity index (χ0v) is 14.0. The predicted octanol–water partition coefficient (Wildman–Crippen LogP) is 3.48. The molecule has 2 unspecified atom stereocenters. The number of aromatic nitrogens is 1. The van der Waals surface area contributed by atoms with Gasteiger partial charge in [-0.1, -0.05) is 37.3 Å². The third kappa shape index (κ3) is 3.38. The van der Waals surface area contributed by atoms with Crippen LogP contribution in [0.2, 0.25) is 0 Å². The monoisotopic (exact) mass is 314 g/mol. The molecule has 1 saturated carbocycles. The molecule has 0 bridgehead atoms. The number of carbonyl (C=O) groups is 1. The minimum Gasteiger partial charge on any atom is -0.355 e. The van der Waals surface area contributed by atoms with Gasteiger partial charge in [0.25, 0.3) is 0 Å². The molecule has 2 aromatic rings. The lowest BCUT2D eigenvalue weighted by molar-refractivity contribution is -0.122. The number of rotatable bonds is 6. The summed E-state index contributed by atoms with van der Waals surface area (Å²) >= 11 is 1.75. The van der Waals surface area contributed by atoms with Gasteiger partial charge in [-0.25, -0.2) is 4.98 Å². The molecule has 1 heterocycles. The highest BCUT2D eigenvalue weighted by Crippen LogP contribution is 2.47. The maximum Gasteiger partial charge on any atom is 0.223 e. The van der Waals surface area contributed by atoms with E-state index in [0.717, 1.165) is 24.3 Å². The molecule has 116 valence electrons. The maximum absolute atomic E-state index is 12.2. The average Bonchev–Trinajstić information content (AvgIpc) is 3.26. The van der Waals surface area contributed by atoms with Crippen molar-refractivity contribution >= 4 is 17.2 Å². The lowest BCUT2D eigenvalue weighted by atomic mass is 10.1. The van der Waals surface area contributed by atoms with Crippen molar-refractivity contribution in [3.8, 4) is 0 Å². The van der Waals surface area contributed by atoms with Crippen molar-refractivity contribution in [1.82, 2.24) is 10.3 Å². The van der Waals surface area contributed by atoms with E-state index in [-0.39, 0.29) is 11.8 Å². The van der Waals surface area contributed by atoms with E-state index in [1.807, 2.05) is 18.2 Å². The van der Waals surface area contributed by atoms with Crippen LogP contribution in [0.15, 0.2) is 30.3 Å².